The normalized spacial score (nSPS) is 33.4. The van der Waals surface area contributed by atoms with Crippen LogP contribution in [0, 0.1) is 5.92 Å². The second-order valence-electron chi connectivity index (χ2n) is 5.97. The van der Waals surface area contributed by atoms with Crippen molar-refractivity contribution in [2.75, 3.05) is 13.1 Å². The molecule has 1 saturated heterocycles. The van der Waals surface area contributed by atoms with Crippen LogP contribution in [0.2, 0.25) is 0 Å². The van der Waals surface area contributed by atoms with E-state index in [1.54, 1.807) is 0 Å². The number of piperidine rings is 1. The van der Waals surface area contributed by atoms with Crippen LogP contribution in [-0.4, -0.2) is 40.8 Å². The van der Waals surface area contributed by atoms with Crippen LogP contribution in [0.1, 0.15) is 47.0 Å². The molecule has 16 heavy (non-hydrogen) atoms. The Hall–Kier alpha value is -0.120. The first-order valence-corrected chi connectivity index (χ1v) is 6.54. The minimum Gasteiger partial charge on any atom is -0.389 e. The Balaban J connectivity index is 2.50. The Morgan fingerprint density at radius 2 is 2.12 bits per heavy atom. The summed E-state index contributed by atoms with van der Waals surface area (Å²) in [6.07, 6.45) is 3.32. The van der Waals surface area contributed by atoms with Crippen LogP contribution >= 0.6 is 0 Å². The molecule has 0 bridgehead atoms. The lowest BCUT2D eigenvalue weighted by Gasteiger charge is -2.42. The average Bonchev–Trinajstić information content (AvgIpc) is 2.16. The molecule has 3 nitrogen and oxygen atoms in total. The van der Waals surface area contributed by atoms with Gasteiger partial charge in [0.25, 0.3) is 0 Å². The molecule has 4 atom stereocenters. The van der Waals surface area contributed by atoms with E-state index in [-0.39, 0.29) is 0 Å². The lowest BCUT2D eigenvalue weighted by Crippen LogP contribution is -2.49. The summed E-state index contributed by atoms with van der Waals surface area (Å²) in [5, 5.41) is 10.0. The number of rotatable bonds is 4. The van der Waals surface area contributed by atoms with E-state index in [9.17, 15) is 5.11 Å². The zero-order chi connectivity index (χ0) is 12.3. The molecule has 96 valence electrons. The van der Waals surface area contributed by atoms with Gasteiger partial charge in [-0.15, -0.1) is 0 Å². The van der Waals surface area contributed by atoms with Crippen LogP contribution < -0.4 is 5.73 Å². The van der Waals surface area contributed by atoms with Gasteiger partial charge in [0.2, 0.25) is 0 Å². The Labute approximate surface area is 100 Å². The van der Waals surface area contributed by atoms with Gasteiger partial charge >= 0.3 is 0 Å². The van der Waals surface area contributed by atoms with Gasteiger partial charge in [0, 0.05) is 18.6 Å². The number of hydrogen-bond acceptors (Lipinski definition) is 3. The van der Waals surface area contributed by atoms with Crippen molar-refractivity contribution in [3.8, 4) is 0 Å². The van der Waals surface area contributed by atoms with E-state index in [2.05, 4.69) is 25.7 Å². The van der Waals surface area contributed by atoms with Crippen molar-refractivity contribution in [1.82, 2.24) is 4.90 Å². The molecule has 0 aliphatic carbocycles. The van der Waals surface area contributed by atoms with E-state index in [4.69, 9.17) is 5.73 Å². The molecule has 0 spiro atoms. The van der Waals surface area contributed by atoms with Crippen molar-refractivity contribution in [3.05, 3.63) is 0 Å². The molecule has 0 saturated carbocycles. The quantitative estimate of drug-likeness (QED) is 0.768. The molecule has 1 heterocycles. The SMILES string of the molecule is CC1CCN(C(C)CC(C)(O)CN)C(C)C1. The molecule has 0 aromatic heterocycles. The maximum atomic E-state index is 10.0. The number of hydrogen-bond donors (Lipinski definition) is 2. The highest BCUT2D eigenvalue weighted by Gasteiger charge is 2.30. The first-order valence-electron chi connectivity index (χ1n) is 6.54. The van der Waals surface area contributed by atoms with Gasteiger partial charge in [0.1, 0.15) is 0 Å². The summed E-state index contributed by atoms with van der Waals surface area (Å²) in [6.45, 7) is 10.2. The molecule has 1 aliphatic rings. The van der Waals surface area contributed by atoms with Crippen molar-refractivity contribution in [1.29, 1.82) is 0 Å². The molecule has 1 fully saturated rings. The van der Waals surface area contributed by atoms with Crippen molar-refractivity contribution in [2.45, 2.75) is 64.6 Å². The van der Waals surface area contributed by atoms with E-state index >= 15 is 0 Å². The highest BCUT2D eigenvalue weighted by molar-refractivity contribution is 4.85. The Bertz CT molecular complexity index is 218. The lowest BCUT2D eigenvalue weighted by molar-refractivity contribution is 0.00728. The van der Waals surface area contributed by atoms with Crippen LogP contribution in [0.5, 0.6) is 0 Å². The third-order valence-corrected chi connectivity index (χ3v) is 3.93. The summed E-state index contributed by atoms with van der Waals surface area (Å²) in [5.41, 5.74) is 4.85. The third kappa shape index (κ3) is 3.72. The number of aliphatic hydroxyl groups is 1. The zero-order valence-corrected chi connectivity index (χ0v) is 11.2. The van der Waals surface area contributed by atoms with Gasteiger partial charge in [-0.3, -0.25) is 4.90 Å². The summed E-state index contributed by atoms with van der Waals surface area (Å²) in [6, 6.07) is 1.05. The molecule has 1 rings (SSSR count). The van der Waals surface area contributed by atoms with Gasteiger partial charge < -0.3 is 10.8 Å². The summed E-state index contributed by atoms with van der Waals surface area (Å²) in [5.74, 6) is 0.841. The Morgan fingerprint density at radius 3 is 2.62 bits per heavy atom. The van der Waals surface area contributed by atoms with Crippen LogP contribution in [0.15, 0.2) is 0 Å². The number of nitrogens with zero attached hydrogens (tertiary/aromatic N) is 1. The van der Waals surface area contributed by atoms with Crippen LogP contribution in [0.3, 0.4) is 0 Å². The molecule has 3 heteroatoms. The molecular weight excluding hydrogens is 200 g/mol. The molecule has 0 radical (unpaired) electrons. The summed E-state index contributed by atoms with van der Waals surface area (Å²) < 4.78 is 0. The van der Waals surface area contributed by atoms with E-state index in [0.29, 0.717) is 18.6 Å². The van der Waals surface area contributed by atoms with Crippen molar-refractivity contribution < 1.29 is 5.11 Å². The zero-order valence-electron chi connectivity index (χ0n) is 11.2. The largest absolute Gasteiger partial charge is 0.389 e. The third-order valence-electron chi connectivity index (χ3n) is 3.93. The van der Waals surface area contributed by atoms with Gasteiger partial charge in [-0.2, -0.15) is 0 Å². The van der Waals surface area contributed by atoms with E-state index in [1.807, 2.05) is 6.92 Å². The van der Waals surface area contributed by atoms with Gasteiger partial charge in [0.05, 0.1) is 5.60 Å². The van der Waals surface area contributed by atoms with Gasteiger partial charge in [-0.25, -0.2) is 0 Å². The lowest BCUT2D eigenvalue weighted by atomic mass is 9.89. The monoisotopic (exact) mass is 228 g/mol. The molecule has 0 aromatic rings. The molecule has 4 unspecified atom stereocenters. The molecule has 0 amide bonds. The van der Waals surface area contributed by atoms with E-state index < -0.39 is 5.60 Å². The minimum absolute atomic E-state index is 0.343. The molecule has 0 aromatic carbocycles. The standard InChI is InChI=1S/C13H28N2O/c1-10-5-6-15(11(2)7-10)12(3)8-13(4,16)9-14/h10-12,16H,5-9,14H2,1-4H3. The van der Waals surface area contributed by atoms with Crippen molar-refractivity contribution >= 4 is 0 Å². The van der Waals surface area contributed by atoms with Gasteiger partial charge in [-0.1, -0.05) is 6.92 Å². The number of nitrogens with two attached hydrogens (primary N) is 1. The topological polar surface area (TPSA) is 49.5 Å². The van der Waals surface area contributed by atoms with Crippen molar-refractivity contribution in [2.24, 2.45) is 11.7 Å². The maximum Gasteiger partial charge on any atom is 0.0756 e. The molecule has 1 aliphatic heterocycles. The molecule has 3 N–H and O–H groups in total. The first-order chi connectivity index (χ1) is 7.35. The van der Waals surface area contributed by atoms with E-state index in [1.165, 1.54) is 12.8 Å². The minimum atomic E-state index is -0.720. The number of likely N-dealkylation sites (tertiary alicyclic amines) is 1. The first kappa shape index (κ1) is 13.9. The average molecular weight is 228 g/mol. The fourth-order valence-corrected chi connectivity index (χ4v) is 2.92. The van der Waals surface area contributed by atoms with Crippen LogP contribution in [-0.2, 0) is 0 Å². The summed E-state index contributed by atoms with van der Waals surface area (Å²) in [7, 11) is 0. The maximum absolute atomic E-state index is 10.0. The molecular formula is C13H28N2O. The second kappa shape index (κ2) is 5.48. The summed E-state index contributed by atoms with van der Waals surface area (Å²) in [4.78, 5) is 2.52. The second-order valence-corrected chi connectivity index (χ2v) is 5.97. The van der Waals surface area contributed by atoms with Crippen molar-refractivity contribution in [3.63, 3.8) is 0 Å². The summed E-state index contributed by atoms with van der Waals surface area (Å²) >= 11 is 0. The van der Waals surface area contributed by atoms with E-state index in [0.717, 1.165) is 18.9 Å². The fourth-order valence-electron chi connectivity index (χ4n) is 2.92. The smallest absolute Gasteiger partial charge is 0.0756 e. The highest BCUT2D eigenvalue weighted by Crippen LogP contribution is 2.26. The highest BCUT2D eigenvalue weighted by atomic mass is 16.3. The van der Waals surface area contributed by atoms with Crippen LogP contribution in [0.25, 0.3) is 0 Å². The van der Waals surface area contributed by atoms with Gasteiger partial charge in [0.15, 0.2) is 0 Å². The van der Waals surface area contributed by atoms with Gasteiger partial charge in [-0.05, 0) is 52.5 Å². The Kier molecular flexibility index (Phi) is 4.77. The fraction of sp³-hybridized carbons (Fsp3) is 1.00. The predicted octanol–water partition coefficient (Wildman–Crippen LogP) is 1.60. The Morgan fingerprint density at radius 1 is 1.50 bits per heavy atom. The van der Waals surface area contributed by atoms with Crippen LogP contribution in [0.4, 0.5) is 0 Å². The predicted molar refractivity (Wildman–Crippen MR) is 68.3 cm³/mol.